The largest absolute Gasteiger partial charge is 0.383 e. The van der Waals surface area contributed by atoms with Crippen LogP contribution < -0.4 is 11.1 Å². The molecular weight excluding hydrogens is 208 g/mol. The summed E-state index contributed by atoms with van der Waals surface area (Å²) in [6, 6.07) is -0.572. The lowest BCUT2D eigenvalue weighted by Gasteiger charge is -2.22. The summed E-state index contributed by atoms with van der Waals surface area (Å²) < 4.78 is 10.4. The van der Waals surface area contributed by atoms with Gasteiger partial charge in [-0.2, -0.15) is 0 Å². The van der Waals surface area contributed by atoms with Crippen LogP contribution in [0, 0.1) is 0 Å². The van der Waals surface area contributed by atoms with E-state index in [0.29, 0.717) is 12.6 Å². The van der Waals surface area contributed by atoms with E-state index in [1.54, 1.807) is 0 Å². The lowest BCUT2D eigenvalue weighted by Crippen LogP contribution is -2.44. The lowest BCUT2D eigenvalue weighted by molar-refractivity contribution is -0.123. The molecule has 1 heterocycles. The zero-order valence-corrected chi connectivity index (χ0v) is 9.91. The van der Waals surface area contributed by atoms with Crippen molar-refractivity contribution in [2.45, 2.75) is 37.8 Å². The number of hydrogen-bond acceptors (Lipinski definition) is 4. The molecule has 0 aromatic rings. The Morgan fingerprint density at radius 2 is 2.44 bits per heavy atom. The fourth-order valence-electron chi connectivity index (χ4n) is 1.78. The average Bonchev–Trinajstić information content (AvgIpc) is 2.30. The molecule has 0 aromatic carbocycles. The third kappa shape index (κ3) is 4.92. The Balaban J connectivity index is 2.07. The van der Waals surface area contributed by atoms with Crippen LogP contribution in [0.4, 0.5) is 0 Å². The molecule has 16 heavy (non-hydrogen) atoms. The third-order valence-electron chi connectivity index (χ3n) is 2.72. The molecule has 1 rings (SSSR count). The van der Waals surface area contributed by atoms with Gasteiger partial charge in [-0.05, 0) is 25.7 Å². The lowest BCUT2D eigenvalue weighted by atomic mass is 10.1. The third-order valence-corrected chi connectivity index (χ3v) is 2.72. The minimum Gasteiger partial charge on any atom is -0.383 e. The molecule has 5 heteroatoms. The van der Waals surface area contributed by atoms with Gasteiger partial charge in [-0.3, -0.25) is 4.79 Å². The Kier molecular flexibility index (Phi) is 6.37. The Labute approximate surface area is 96.7 Å². The minimum absolute atomic E-state index is 0.155. The van der Waals surface area contributed by atoms with Gasteiger partial charge in [-0.25, -0.2) is 0 Å². The highest BCUT2D eigenvalue weighted by atomic mass is 16.5. The number of amides is 1. The van der Waals surface area contributed by atoms with Crippen LogP contribution in [0.3, 0.4) is 0 Å². The van der Waals surface area contributed by atoms with E-state index in [1.165, 1.54) is 13.5 Å². The van der Waals surface area contributed by atoms with Gasteiger partial charge in [0.05, 0.1) is 12.7 Å². The highest BCUT2D eigenvalue weighted by molar-refractivity contribution is 5.81. The molecule has 1 saturated heterocycles. The molecule has 0 radical (unpaired) electrons. The van der Waals surface area contributed by atoms with Crippen LogP contribution in [-0.2, 0) is 14.3 Å². The second kappa shape index (κ2) is 7.60. The summed E-state index contributed by atoms with van der Waals surface area (Å²) in [5.41, 5.74) is 5.58. The first-order chi connectivity index (χ1) is 7.74. The number of nitrogens with one attached hydrogen (secondary N) is 1. The predicted molar refractivity (Wildman–Crippen MR) is 61.1 cm³/mol. The van der Waals surface area contributed by atoms with Crippen molar-refractivity contribution in [2.75, 3.05) is 26.9 Å². The van der Waals surface area contributed by atoms with Crippen molar-refractivity contribution in [3.8, 4) is 0 Å². The fourth-order valence-corrected chi connectivity index (χ4v) is 1.78. The number of methoxy groups -OCH3 is 1. The van der Waals surface area contributed by atoms with Gasteiger partial charge < -0.3 is 20.5 Å². The Morgan fingerprint density at radius 3 is 3.06 bits per heavy atom. The summed E-state index contributed by atoms with van der Waals surface area (Å²) in [6.07, 6.45) is 4.64. The number of ether oxygens (including phenoxy) is 2. The van der Waals surface area contributed by atoms with Crippen molar-refractivity contribution in [2.24, 2.45) is 5.73 Å². The molecule has 0 aromatic heterocycles. The molecule has 0 spiro atoms. The molecule has 2 unspecified atom stereocenters. The standard InChI is InChI=1S/C11H22N2O3/c1-15-8-10(12)11(14)13-6-5-9-4-2-3-7-16-9/h9-10H,2-8,12H2,1H3,(H,13,14). The molecule has 1 aliphatic heterocycles. The SMILES string of the molecule is COCC(N)C(=O)NCCC1CCCCO1. The molecule has 0 bridgehead atoms. The summed E-state index contributed by atoms with van der Waals surface area (Å²) >= 11 is 0. The second-order valence-electron chi connectivity index (χ2n) is 4.13. The van der Waals surface area contributed by atoms with Gasteiger partial charge in [-0.1, -0.05) is 0 Å². The number of hydrogen-bond donors (Lipinski definition) is 2. The van der Waals surface area contributed by atoms with Crippen molar-refractivity contribution >= 4 is 5.91 Å². The maximum atomic E-state index is 11.4. The van der Waals surface area contributed by atoms with Crippen LogP contribution in [0.5, 0.6) is 0 Å². The molecule has 1 fully saturated rings. The molecule has 2 atom stereocenters. The Hall–Kier alpha value is -0.650. The zero-order chi connectivity index (χ0) is 11.8. The number of nitrogens with two attached hydrogens (primary N) is 1. The smallest absolute Gasteiger partial charge is 0.239 e. The topological polar surface area (TPSA) is 73.6 Å². The van der Waals surface area contributed by atoms with Gasteiger partial charge in [-0.15, -0.1) is 0 Å². The van der Waals surface area contributed by atoms with Crippen molar-refractivity contribution < 1.29 is 14.3 Å². The molecule has 0 saturated carbocycles. The van der Waals surface area contributed by atoms with E-state index in [1.807, 2.05) is 0 Å². The van der Waals surface area contributed by atoms with Crippen molar-refractivity contribution in [3.63, 3.8) is 0 Å². The number of rotatable bonds is 6. The number of carbonyl (C=O) groups excluding carboxylic acids is 1. The van der Waals surface area contributed by atoms with Crippen molar-refractivity contribution in [1.29, 1.82) is 0 Å². The number of carbonyl (C=O) groups is 1. The van der Waals surface area contributed by atoms with Gasteiger partial charge in [0.1, 0.15) is 6.04 Å². The molecule has 5 nitrogen and oxygen atoms in total. The highest BCUT2D eigenvalue weighted by Gasteiger charge is 2.15. The van der Waals surface area contributed by atoms with Gasteiger partial charge >= 0.3 is 0 Å². The van der Waals surface area contributed by atoms with Crippen LogP contribution in [0.15, 0.2) is 0 Å². The fraction of sp³-hybridized carbons (Fsp3) is 0.909. The maximum absolute atomic E-state index is 11.4. The predicted octanol–water partition coefficient (Wildman–Crippen LogP) is 0.0355. The van der Waals surface area contributed by atoms with Crippen LogP contribution in [-0.4, -0.2) is 44.9 Å². The van der Waals surface area contributed by atoms with Gasteiger partial charge in [0.25, 0.3) is 0 Å². The first kappa shape index (κ1) is 13.4. The van der Waals surface area contributed by atoms with Crippen LogP contribution in [0.1, 0.15) is 25.7 Å². The van der Waals surface area contributed by atoms with Crippen LogP contribution in [0.2, 0.25) is 0 Å². The van der Waals surface area contributed by atoms with Crippen LogP contribution in [0.25, 0.3) is 0 Å². The molecule has 1 aliphatic rings. The van der Waals surface area contributed by atoms with E-state index in [-0.39, 0.29) is 12.5 Å². The monoisotopic (exact) mass is 230 g/mol. The van der Waals surface area contributed by atoms with E-state index in [9.17, 15) is 4.79 Å². The normalized spacial score (nSPS) is 22.8. The quantitative estimate of drug-likeness (QED) is 0.675. The molecule has 1 amide bonds. The van der Waals surface area contributed by atoms with Crippen LogP contribution >= 0.6 is 0 Å². The van der Waals surface area contributed by atoms with E-state index in [4.69, 9.17) is 15.2 Å². The first-order valence-corrected chi connectivity index (χ1v) is 5.88. The molecule has 94 valence electrons. The van der Waals surface area contributed by atoms with E-state index < -0.39 is 6.04 Å². The summed E-state index contributed by atoms with van der Waals surface area (Å²) in [6.45, 7) is 1.73. The zero-order valence-electron chi connectivity index (χ0n) is 9.91. The highest BCUT2D eigenvalue weighted by Crippen LogP contribution is 2.14. The Morgan fingerprint density at radius 1 is 1.62 bits per heavy atom. The van der Waals surface area contributed by atoms with Gasteiger partial charge in [0.2, 0.25) is 5.91 Å². The van der Waals surface area contributed by atoms with Crippen molar-refractivity contribution in [3.05, 3.63) is 0 Å². The van der Waals surface area contributed by atoms with E-state index in [2.05, 4.69) is 5.32 Å². The van der Waals surface area contributed by atoms with Crippen molar-refractivity contribution in [1.82, 2.24) is 5.32 Å². The maximum Gasteiger partial charge on any atom is 0.239 e. The van der Waals surface area contributed by atoms with Gasteiger partial charge in [0.15, 0.2) is 0 Å². The second-order valence-corrected chi connectivity index (χ2v) is 4.13. The van der Waals surface area contributed by atoms with E-state index in [0.717, 1.165) is 25.9 Å². The molecule has 3 N–H and O–H groups in total. The summed E-state index contributed by atoms with van der Waals surface area (Å²) in [7, 11) is 1.53. The van der Waals surface area contributed by atoms with Gasteiger partial charge in [0, 0.05) is 20.3 Å². The minimum atomic E-state index is -0.572. The summed E-state index contributed by atoms with van der Waals surface area (Å²) in [5.74, 6) is -0.155. The molecule has 0 aliphatic carbocycles. The first-order valence-electron chi connectivity index (χ1n) is 5.88. The van der Waals surface area contributed by atoms with E-state index >= 15 is 0 Å². The summed E-state index contributed by atoms with van der Waals surface area (Å²) in [4.78, 5) is 11.4. The summed E-state index contributed by atoms with van der Waals surface area (Å²) in [5, 5.41) is 2.79. The molecular formula is C11H22N2O3. The Bertz CT molecular complexity index is 205. The average molecular weight is 230 g/mol.